The van der Waals surface area contributed by atoms with Crippen LogP contribution in [0.3, 0.4) is 0 Å². The third-order valence-electron chi connectivity index (χ3n) is 5.36. The van der Waals surface area contributed by atoms with Gasteiger partial charge in [-0.1, -0.05) is 30.0 Å². The molecule has 2 aromatic carbocycles. The molecule has 4 amide bonds. The first-order chi connectivity index (χ1) is 15.1. The van der Waals surface area contributed by atoms with E-state index in [2.05, 4.69) is 22.5 Å². The highest BCUT2D eigenvalue weighted by atomic mass is 19.3. The first-order valence-electron chi connectivity index (χ1n) is 9.73. The van der Waals surface area contributed by atoms with Crippen LogP contribution in [-0.4, -0.2) is 41.9 Å². The van der Waals surface area contributed by atoms with Crippen LogP contribution in [0.4, 0.5) is 13.6 Å². The van der Waals surface area contributed by atoms with E-state index in [0.717, 1.165) is 12.5 Å². The van der Waals surface area contributed by atoms with Crippen LogP contribution in [0.1, 0.15) is 34.0 Å². The molecule has 164 valence electrons. The number of halogens is 2. The Balaban J connectivity index is 1.65. The van der Waals surface area contributed by atoms with Crippen molar-refractivity contribution < 1.29 is 27.9 Å². The number of imide groups is 1. The number of fused-ring (bicyclic) bond motifs is 1. The lowest BCUT2D eigenvalue weighted by atomic mass is 9.98. The number of urea groups is 1. The zero-order valence-electron chi connectivity index (χ0n) is 17.3. The Hall–Kier alpha value is -3.93. The number of alkyl halides is 2. The first-order valence-corrected chi connectivity index (χ1v) is 9.73. The molecule has 0 bridgehead atoms. The van der Waals surface area contributed by atoms with Crippen LogP contribution in [0.5, 0.6) is 5.75 Å². The summed E-state index contributed by atoms with van der Waals surface area (Å²) in [6.07, 6.45) is 0. The summed E-state index contributed by atoms with van der Waals surface area (Å²) in [6, 6.07) is 9.81. The minimum absolute atomic E-state index is 0.211. The Morgan fingerprint density at radius 3 is 2.62 bits per heavy atom. The van der Waals surface area contributed by atoms with E-state index in [1.165, 1.54) is 36.3 Å². The number of rotatable bonds is 4. The van der Waals surface area contributed by atoms with Gasteiger partial charge in [0.2, 0.25) is 5.54 Å². The Labute approximate surface area is 182 Å². The van der Waals surface area contributed by atoms with E-state index in [-0.39, 0.29) is 30.1 Å². The molecule has 0 saturated carbocycles. The second kappa shape index (κ2) is 7.64. The van der Waals surface area contributed by atoms with Crippen LogP contribution >= 0.6 is 0 Å². The van der Waals surface area contributed by atoms with E-state index >= 15 is 0 Å². The predicted molar refractivity (Wildman–Crippen MR) is 110 cm³/mol. The molecule has 9 heteroatoms. The third-order valence-corrected chi connectivity index (χ3v) is 5.36. The van der Waals surface area contributed by atoms with Gasteiger partial charge in [0, 0.05) is 30.2 Å². The molecule has 1 fully saturated rings. The third kappa shape index (κ3) is 3.87. The van der Waals surface area contributed by atoms with E-state index in [0.29, 0.717) is 11.3 Å². The van der Waals surface area contributed by atoms with E-state index in [9.17, 15) is 23.2 Å². The van der Waals surface area contributed by atoms with Gasteiger partial charge in [0.15, 0.2) is 0 Å². The second-order valence-electron chi connectivity index (χ2n) is 7.72. The topological polar surface area (TPSA) is 87.7 Å². The Morgan fingerprint density at radius 1 is 1.19 bits per heavy atom. The molecule has 1 atom stereocenters. The van der Waals surface area contributed by atoms with Crippen molar-refractivity contribution >= 4 is 17.8 Å². The summed E-state index contributed by atoms with van der Waals surface area (Å²) in [5, 5.41) is 4.63. The Bertz CT molecular complexity index is 1200. The molecule has 2 aliphatic heterocycles. The SMILES string of the molecule is COc1ccc2c(c1)C(=O)N(C[C@@]1(C#Cc3cccc(C(C)(F)F)c3)NC(=O)NC1=O)C2. The zero-order valence-corrected chi connectivity index (χ0v) is 17.3. The molecule has 0 aromatic heterocycles. The lowest BCUT2D eigenvalue weighted by Gasteiger charge is -2.26. The number of ether oxygens (including phenoxy) is 1. The predicted octanol–water partition coefficient (Wildman–Crippen LogP) is 2.39. The molecule has 2 aromatic rings. The molecule has 4 rings (SSSR count). The minimum atomic E-state index is -3.05. The Morgan fingerprint density at radius 2 is 1.97 bits per heavy atom. The summed E-state index contributed by atoms with van der Waals surface area (Å²) in [5.74, 6) is 1.83. The van der Waals surface area contributed by atoms with Gasteiger partial charge in [0.25, 0.3) is 17.7 Å². The molecular weight excluding hydrogens is 420 g/mol. The van der Waals surface area contributed by atoms with Crippen LogP contribution in [0.2, 0.25) is 0 Å². The van der Waals surface area contributed by atoms with Gasteiger partial charge in [-0.05, 0) is 29.8 Å². The van der Waals surface area contributed by atoms with Crippen molar-refractivity contribution in [2.24, 2.45) is 0 Å². The van der Waals surface area contributed by atoms with Gasteiger partial charge in [0.05, 0.1) is 13.7 Å². The molecule has 2 N–H and O–H groups in total. The smallest absolute Gasteiger partial charge is 0.323 e. The number of amides is 4. The number of carbonyl (C=O) groups excluding carboxylic acids is 3. The molecule has 2 heterocycles. The highest BCUT2D eigenvalue weighted by Gasteiger charge is 2.48. The zero-order chi connectivity index (χ0) is 23.1. The van der Waals surface area contributed by atoms with Crippen LogP contribution in [0.25, 0.3) is 0 Å². The number of benzene rings is 2. The number of carbonyl (C=O) groups is 3. The average molecular weight is 439 g/mol. The van der Waals surface area contributed by atoms with Crippen molar-refractivity contribution in [2.45, 2.75) is 24.9 Å². The summed E-state index contributed by atoms with van der Waals surface area (Å²) in [4.78, 5) is 38.9. The normalized spacial score (nSPS) is 19.8. The van der Waals surface area contributed by atoms with Crippen LogP contribution < -0.4 is 15.4 Å². The van der Waals surface area contributed by atoms with Gasteiger partial charge in [-0.3, -0.25) is 14.9 Å². The molecule has 0 aliphatic carbocycles. The molecule has 32 heavy (non-hydrogen) atoms. The maximum atomic E-state index is 13.6. The molecule has 0 spiro atoms. The number of hydrogen-bond donors (Lipinski definition) is 2. The van der Waals surface area contributed by atoms with Crippen molar-refractivity contribution in [1.29, 1.82) is 0 Å². The fraction of sp³-hybridized carbons (Fsp3) is 0.261. The summed E-state index contributed by atoms with van der Waals surface area (Å²) in [5.41, 5.74) is -0.504. The lowest BCUT2D eigenvalue weighted by molar-refractivity contribution is -0.122. The van der Waals surface area contributed by atoms with Crippen molar-refractivity contribution in [1.82, 2.24) is 15.5 Å². The fourth-order valence-electron chi connectivity index (χ4n) is 3.66. The fourth-order valence-corrected chi connectivity index (χ4v) is 3.66. The number of nitrogens with zero attached hydrogens (tertiary/aromatic N) is 1. The lowest BCUT2D eigenvalue weighted by Crippen LogP contribution is -2.54. The van der Waals surface area contributed by atoms with E-state index < -0.39 is 23.4 Å². The van der Waals surface area contributed by atoms with Gasteiger partial charge in [-0.25, -0.2) is 13.6 Å². The van der Waals surface area contributed by atoms with Gasteiger partial charge in [-0.15, -0.1) is 0 Å². The molecule has 7 nitrogen and oxygen atoms in total. The highest BCUT2D eigenvalue weighted by Crippen LogP contribution is 2.29. The Kier molecular flexibility index (Phi) is 5.09. The minimum Gasteiger partial charge on any atom is -0.497 e. The van der Waals surface area contributed by atoms with Crippen molar-refractivity contribution in [3.8, 4) is 17.6 Å². The molecule has 2 aliphatic rings. The summed E-state index contributed by atoms with van der Waals surface area (Å²) in [7, 11) is 1.49. The summed E-state index contributed by atoms with van der Waals surface area (Å²) < 4.78 is 32.4. The van der Waals surface area contributed by atoms with E-state index in [1.54, 1.807) is 18.2 Å². The van der Waals surface area contributed by atoms with Gasteiger partial charge < -0.3 is 15.0 Å². The van der Waals surface area contributed by atoms with E-state index in [4.69, 9.17) is 4.74 Å². The largest absolute Gasteiger partial charge is 0.497 e. The van der Waals surface area contributed by atoms with Crippen molar-refractivity contribution in [2.75, 3.05) is 13.7 Å². The summed E-state index contributed by atoms with van der Waals surface area (Å²) in [6.45, 7) is 0.788. The average Bonchev–Trinajstić information content (AvgIpc) is 3.21. The molecule has 0 radical (unpaired) electrons. The number of hydrogen-bond acceptors (Lipinski definition) is 4. The van der Waals surface area contributed by atoms with Crippen molar-refractivity contribution in [3.63, 3.8) is 0 Å². The maximum Gasteiger partial charge on any atom is 0.323 e. The molecule has 1 saturated heterocycles. The van der Waals surface area contributed by atoms with Gasteiger partial charge in [-0.2, -0.15) is 0 Å². The second-order valence-corrected chi connectivity index (χ2v) is 7.72. The molecule has 0 unspecified atom stereocenters. The van der Waals surface area contributed by atoms with Crippen LogP contribution in [0, 0.1) is 11.8 Å². The van der Waals surface area contributed by atoms with Crippen LogP contribution in [0.15, 0.2) is 42.5 Å². The first kappa shape index (κ1) is 21.3. The van der Waals surface area contributed by atoms with Gasteiger partial charge >= 0.3 is 6.03 Å². The molecular formula is C23H19F2N3O4. The highest BCUT2D eigenvalue weighted by molar-refractivity contribution is 6.10. The number of methoxy groups -OCH3 is 1. The quantitative estimate of drug-likeness (QED) is 0.566. The van der Waals surface area contributed by atoms with Gasteiger partial charge in [0.1, 0.15) is 5.75 Å². The maximum absolute atomic E-state index is 13.6. The van der Waals surface area contributed by atoms with E-state index in [1.807, 2.05) is 0 Å². The van der Waals surface area contributed by atoms with Crippen molar-refractivity contribution in [3.05, 3.63) is 64.7 Å². The monoisotopic (exact) mass is 439 g/mol. The summed E-state index contributed by atoms with van der Waals surface area (Å²) >= 11 is 0. The number of nitrogens with one attached hydrogen (secondary N) is 2. The standard InChI is InChI=1S/C23H19F2N3O4/c1-22(24,25)16-5-3-4-14(10-16)8-9-23(20(30)26-21(31)27-23)13-28-12-15-6-7-17(32-2)11-18(15)19(28)29/h3-7,10-11H,12-13H2,1-2H3,(H2,26,27,30,31)/t23-/m1/s1. The van der Waals surface area contributed by atoms with Crippen LogP contribution in [-0.2, 0) is 17.3 Å².